The van der Waals surface area contributed by atoms with Crippen LogP contribution in [-0.2, 0) is 13.3 Å². The van der Waals surface area contributed by atoms with Crippen LogP contribution in [0.1, 0.15) is 6.42 Å². The van der Waals surface area contributed by atoms with Gasteiger partial charge in [-0.15, -0.1) is 0 Å². The Bertz CT molecular complexity index is 175. The van der Waals surface area contributed by atoms with Gasteiger partial charge in [0, 0.05) is 25.7 Å². The molecule has 0 aromatic rings. The average Bonchev–Trinajstić information content (AvgIpc) is 2.14. The fourth-order valence-electron chi connectivity index (χ4n) is 1.96. The maximum absolute atomic E-state index is 5.86. The molecule has 4 nitrogen and oxygen atoms in total. The molecule has 3 heterocycles. The summed E-state index contributed by atoms with van der Waals surface area (Å²) < 4.78 is 17.6. The summed E-state index contributed by atoms with van der Waals surface area (Å²) in [4.78, 5) is 2.33. The maximum Gasteiger partial charge on any atom is 0.501 e. The summed E-state index contributed by atoms with van der Waals surface area (Å²) in [5.41, 5.74) is 0. The van der Waals surface area contributed by atoms with Crippen molar-refractivity contribution >= 4 is 21.4 Å². The van der Waals surface area contributed by atoms with Gasteiger partial charge < -0.3 is 13.3 Å². The van der Waals surface area contributed by atoms with Crippen molar-refractivity contribution in [2.24, 2.45) is 0 Å². The lowest BCUT2D eigenvalue weighted by Gasteiger charge is -2.38. The molecule has 3 aliphatic heterocycles. The first-order valence-corrected chi connectivity index (χ1v) is 8.16. The summed E-state index contributed by atoms with van der Waals surface area (Å²) in [7, 11) is -2.32. The fourth-order valence-corrected chi connectivity index (χ4v) is 4.92. The molecule has 0 spiro atoms. The lowest BCUT2D eigenvalue weighted by molar-refractivity contribution is -0.00828. The maximum atomic E-state index is 5.86. The van der Waals surface area contributed by atoms with Gasteiger partial charge in [-0.3, -0.25) is 4.90 Å². The second-order valence-corrected chi connectivity index (χ2v) is 7.08. The van der Waals surface area contributed by atoms with Crippen molar-refractivity contribution in [3.63, 3.8) is 0 Å². The van der Waals surface area contributed by atoms with Gasteiger partial charge in [0.2, 0.25) is 0 Å². The van der Waals surface area contributed by atoms with Gasteiger partial charge in [0.15, 0.2) is 0 Å². The zero-order valence-electron chi connectivity index (χ0n) is 8.98. The van der Waals surface area contributed by atoms with Crippen LogP contribution in [0.15, 0.2) is 0 Å². The van der Waals surface area contributed by atoms with E-state index in [2.05, 4.69) is 17.5 Å². The summed E-state index contributed by atoms with van der Waals surface area (Å²) in [6, 6.07) is 0.913. The topological polar surface area (TPSA) is 30.9 Å². The van der Waals surface area contributed by atoms with E-state index in [0.717, 1.165) is 57.7 Å². The Labute approximate surface area is 97.7 Å². The van der Waals surface area contributed by atoms with Crippen LogP contribution in [0.25, 0.3) is 0 Å². The molecule has 0 aliphatic carbocycles. The first-order chi connectivity index (χ1) is 7.35. The molecule has 3 aliphatic rings. The third-order valence-electron chi connectivity index (χ3n) is 2.83. The first kappa shape index (κ1) is 11.9. The number of nitrogens with zero attached hydrogens (tertiary/aromatic N) is 1. The highest BCUT2D eigenvalue weighted by molar-refractivity contribution is 7.80. The van der Waals surface area contributed by atoms with Crippen LogP contribution in [0, 0.1) is 0 Å². The van der Waals surface area contributed by atoms with Crippen molar-refractivity contribution in [3.8, 4) is 0 Å². The van der Waals surface area contributed by atoms with Crippen molar-refractivity contribution in [2.75, 3.05) is 45.2 Å². The van der Waals surface area contributed by atoms with Crippen molar-refractivity contribution in [2.45, 2.75) is 12.5 Å². The molecular formula is C9H19NO3SSi. The van der Waals surface area contributed by atoms with Crippen LogP contribution >= 0.6 is 12.6 Å². The van der Waals surface area contributed by atoms with Gasteiger partial charge >= 0.3 is 8.80 Å². The number of thiol groups is 1. The van der Waals surface area contributed by atoms with Gasteiger partial charge in [-0.2, -0.15) is 12.6 Å². The van der Waals surface area contributed by atoms with E-state index in [1.807, 2.05) is 0 Å². The van der Waals surface area contributed by atoms with Crippen molar-refractivity contribution in [1.82, 2.24) is 4.90 Å². The van der Waals surface area contributed by atoms with E-state index < -0.39 is 8.80 Å². The smallest absolute Gasteiger partial charge is 0.372 e. The molecule has 3 fully saturated rings. The van der Waals surface area contributed by atoms with E-state index in [-0.39, 0.29) is 0 Å². The van der Waals surface area contributed by atoms with E-state index in [9.17, 15) is 0 Å². The molecule has 0 amide bonds. The lowest BCUT2D eigenvalue weighted by Crippen LogP contribution is -2.55. The SMILES string of the molecule is SCCC[Si]12OCCN(CCO1)CCO2. The molecule has 0 N–H and O–H groups in total. The Morgan fingerprint density at radius 3 is 2.00 bits per heavy atom. The Morgan fingerprint density at radius 1 is 1.00 bits per heavy atom. The lowest BCUT2D eigenvalue weighted by atomic mass is 10.4. The summed E-state index contributed by atoms with van der Waals surface area (Å²) in [6.45, 7) is 5.30. The van der Waals surface area contributed by atoms with Gasteiger partial charge in [0.05, 0.1) is 19.8 Å². The first-order valence-electron chi connectivity index (χ1n) is 5.60. The van der Waals surface area contributed by atoms with Gasteiger partial charge in [0.25, 0.3) is 0 Å². The monoisotopic (exact) mass is 249 g/mol. The molecule has 15 heavy (non-hydrogen) atoms. The number of fused-ring (bicyclic) bond motifs is 6. The Hall–Kier alpha value is 0.407. The van der Waals surface area contributed by atoms with E-state index in [1.165, 1.54) is 0 Å². The highest BCUT2D eigenvalue weighted by atomic mass is 32.1. The number of hydrogen-bond acceptors (Lipinski definition) is 5. The predicted octanol–water partition coefficient (Wildman–Crippen LogP) is 0.624. The molecule has 6 heteroatoms. The minimum Gasteiger partial charge on any atom is -0.372 e. The molecule has 0 radical (unpaired) electrons. The minimum atomic E-state index is -2.32. The van der Waals surface area contributed by atoms with Crippen molar-refractivity contribution < 1.29 is 13.3 Å². The molecular weight excluding hydrogens is 230 g/mol. The largest absolute Gasteiger partial charge is 0.501 e. The number of hydrogen-bond donors (Lipinski definition) is 1. The van der Waals surface area contributed by atoms with Crippen molar-refractivity contribution in [3.05, 3.63) is 0 Å². The van der Waals surface area contributed by atoms with Gasteiger partial charge in [-0.05, 0) is 12.2 Å². The van der Waals surface area contributed by atoms with Crippen LogP contribution in [0.5, 0.6) is 0 Å². The molecule has 3 saturated heterocycles. The van der Waals surface area contributed by atoms with E-state index in [0.29, 0.717) is 0 Å². The van der Waals surface area contributed by atoms with E-state index in [4.69, 9.17) is 13.3 Å². The Morgan fingerprint density at radius 2 is 1.53 bits per heavy atom. The van der Waals surface area contributed by atoms with E-state index in [1.54, 1.807) is 0 Å². The zero-order chi connectivity index (χ0) is 10.6. The highest BCUT2D eigenvalue weighted by Crippen LogP contribution is 2.21. The summed E-state index contributed by atoms with van der Waals surface area (Å²) in [6.07, 6.45) is 1.01. The molecule has 0 aromatic carbocycles. The third-order valence-corrected chi connectivity index (χ3v) is 6.04. The summed E-state index contributed by atoms with van der Waals surface area (Å²) >= 11 is 4.23. The quantitative estimate of drug-likeness (QED) is 0.587. The van der Waals surface area contributed by atoms with Crippen LogP contribution in [0.3, 0.4) is 0 Å². The Balaban J connectivity index is 1.98. The zero-order valence-corrected chi connectivity index (χ0v) is 10.9. The van der Waals surface area contributed by atoms with Crippen molar-refractivity contribution in [1.29, 1.82) is 0 Å². The molecule has 0 aromatic heterocycles. The van der Waals surface area contributed by atoms with Crippen LogP contribution < -0.4 is 0 Å². The fraction of sp³-hybridized carbons (Fsp3) is 1.00. The van der Waals surface area contributed by atoms with E-state index >= 15 is 0 Å². The Kier molecular flexibility index (Phi) is 4.48. The summed E-state index contributed by atoms with van der Waals surface area (Å²) in [5.74, 6) is 0.872. The predicted molar refractivity (Wildman–Crippen MR) is 63.3 cm³/mol. The molecule has 0 atom stereocenters. The summed E-state index contributed by atoms with van der Waals surface area (Å²) in [5, 5.41) is 0. The van der Waals surface area contributed by atoms with Gasteiger partial charge in [0.1, 0.15) is 0 Å². The molecule has 88 valence electrons. The molecule has 2 bridgehead atoms. The second kappa shape index (κ2) is 5.65. The number of rotatable bonds is 3. The average molecular weight is 249 g/mol. The highest BCUT2D eigenvalue weighted by Gasteiger charge is 2.42. The third kappa shape index (κ3) is 3.18. The molecule has 3 rings (SSSR count). The minimum absolute atomic E-state index is 0.749. The van der Waals surface area contributed by atoms with Gasteiger partial charge in [-0.25, -0.2) is 0 Å². The standard InChI is InChI=1S/C9H19NO3SSi/c14-8-1-9-15-11-5-2-10(3-6-12-15)4-7-13-15/h14H,1-9H2. The molecule has 0 saturated carbocycles. The van der Waals surface area contributed by atoms with Crippen LogP contribution in [-0.4, -0.2) is 58.9 Å². The van der Waals surface area contributed by atoms with Crippen LogP contribution in [0.4, 0.5) is 0 Å². The normalized spacial score (nSPS) is 37.0. The second-order valence-electron chi connectivity index (χ2n) is 3.90. The van der Waals surface area contributed by atoms with Gasteiger partial charge in [-0.1, -0.05) is 0 Å². The van der Waals surface area contributed by atoms with Crippen LogP contribution in [0.2, 0.25) is 6.04 Å². The molecule has 0 unspecified atom stereocenters.